The van der Waals surface area contributed by atoms with Crippen molar-refractivity contribution in [1.29, 1.82) is 5.26 Å². The summed E-state index contributed by atoms with van der Waals surface area (Å²) in [5.74, 6) is 3.80. The summed E-state index contributed by atoms with van der Waals surface area (Å²) < 4.78 is 6.45. The predicted molar refractivity (Wildman–Crippen MR) is 73.3 cm³/mol. The van der Waals surface area contributed by atoms with E-state index in [1.165, 1.54) is 0 Å². The number of hydrogen-bond acceptors (Lipinski definition) is 2. The maximum atomic E-state index is 8.79. The largest absolute Gasteiger partial charge is 0.455 e. The first-order valence-corrected chi connectivity index (χ1v) is 5.97. The first-order chi connectivity index (χ1) is 8.74. The molecule has 0 N–H and O–H groups in total. The summed E-state index contributed by atoms with van der Waals surface area (Å²) in [4.78, 5) is 0. The standard InChI is InChI=1S/C15H8BrNO/c1-2-12-5-3-4-6-14(12)18-15-8-7-11(10-17)9-13(15)16/h1,3-9H. The molecule has 3 heteroatoms. The molecule has 0 aromatic heterocycles. The number of hydrogen-bond donors (Lipinski definition) is 0. The van der Waals surface area contributed by atoms with Crippen LogP contribution < -0.4 is 4.74 Å². The number of rotatable bonds is 2. The number of ether oxygens (including phenoxy) is 1. The Morgan fingerprint density at radius 2 is 1.89 bits per heavy atom. The van der Waals surface area contributed by atoms with Crippen LogP contribution in [0.1, 0.15) is 11.1 Å². The van der Waals surface area contributed by atoms with Gasteiger partial charge in [0.25, 0.3) is 0 Å². The first-order valence-electron chi connectivity index (χ1n) is 5.17. The second-order valence-corrected chi connectivity index (χ2v) is 4.35. The van der Waals surface area contributed by atoms with Crippen molar-refractivity contribution in [1.82, 2.24) is 0 Å². The Bertz CT molecular complexity index is 665. The van der Waals surface area contributed by atoms with Crippen LogP contribution >= 0.6 is 15.9 Å². The lowest BCUT2D eigenvalue weighted by molar-refractivity contribution is 0.478. The summed E-state index contributed by atoms with van der Waals surface area (Å²) in [6, 6.07) is 14.5. The average Bonchev–Trinajstić information content (AvgIpc) is 2.41. The van der Waals surface area contributed by atoms with Crippen molar-refractivity contribution in [2.24, 2.45) is 0 Å². The molecule has 0 saturated carbocycles. The lowest BCUT2D eigenvalue weighted by atomic mass is 10.2. The van der Waals surface area contributed by atoms with Gasteiger partial charge >= 0.3 is 0 Å². The van der Waals surface area contributed by atoms with Gasteiger partial charge < -0.3 is 4.74 Å². The van der Waals surface area contributed by atoms with Crippen LogP contribution in [0.25, 0.3) is 0 Å². The maximum absolute atomic E-state index is 8.79. The Kier molecular flexibility index (Phi) is 3.67. The minimum absolute atomic E-state index is 0.569. The molecule has 0 saturated heterocycles. The van der Waals surface area contributed by atoms with Crippen LogP contribution in [0.5, 0.6) is 11.5 Å². The van der Waals surface area contributed by atoms with Crippen LogP contribution in [0.3, 0.4) is 0 Å². The van der Waals surface area contributed by atoms with Gasteiger partial charge in [-0.2, -0.15) is 5.26 Å². The Hall–Kier alpha value is -2.23. The van der Waals surface area contributed by atoms with Crippen molar-refractivity contribution in [3.05, 3.63) is 58.1 Å². The van der Waals surface area contributed by atoms with E-state index in [0.29, 0.717) is 27.1 Å². The van der Waals surface area contributed by atoms with Gasteiger partial charge in [0.15, 0.2) is 0 Å². The SMILES string of the molecule is C#Cc1ccccc1Oc1ccc(C#N)cc1Br. The number of terminal acetylenes is 1. The molecule has 18 heavy (non-hydrogen) atoms. The van der Waals surface area contributed by atoms with Crippen molar-refractivity contribution >= 4 is 15.9 Å². The van der Waals surface area contributed by atoms with Gasteiger partial charge in [0, 0.05) is 0 Å². The van der Waals surface area contributed by atoms with Gasteiger partial charge in [0.05, 0.1) is 21.7 Å². The van der Waals surface area contributed by atoms with Gasteiger partial charge in [-0.3, -0.25) is 0 Å². The van der Waals surface area contributed by atoms with E-state index in [9.17, 15) is 0 Å². The monoisotopic (exact) mass is 297 g/mol. The zero-order chi connectivity index (χ0) is 13.0. The molecule has 0 spiro atoms. The molecule has 2 aromatic carbocycles. The predicted octanol–water partition coefficient (Wildman–Crippen LogP) is 4.09. The van der Waals surface area contributed by atoms with Crippen LogP contribution in [0.4, 0.5) is 0 Å². The highest BCUT2D eigenvalue weighted by Gasteiger charge is 2.06. The fourth-order valence-corrected chi connectivity index (χ4v) is 1.91. The van der Waals surface area contributed by atoms with E-state index in [-0.39, 0.29) is 0 Å². The molecule has 0 heterocycles. The van der Waals surface area contributed by atoms with Crippen LogP contribution in [0, 0.1) is 23.7 Å². The van der Waals surface area contributed by atoms with Gasteiger partial charge in [0.2, 0.25) is 0 Å². The highest BCUT2D eigenvalue weighted by atomic mass is 79.9. The fraction of sp³-hybridized carbons (Fsp3) is 0. The van der Waals surface area contributed by atoms with Gasteiger partial charge in [-0.15, -0.1) is 6.42 Å². The second kappa shape index (κ2) is 5.40. The summed E-state index contributed by atoms with van der Waals surface area (Å²) >= 11 is 3.36. The van der Waals surface area contributed by atoms with E-state index in [1.54, 1.807) is 24.3 Å². The van der Waals surface area contributed by atoms with Crippen molar-refractivity contribution in [3.8, 4) is 29.9 Å². The van der Waals surface area contributed by atoms with Crippen LogP contribution in [-0.2, 0) is 0 Å². The van der Waals surface area contributed by atoms with Gasteiger partial charge in [0.1, 0.15) is 11.5 Å². The molecule has 0 aliphatic heterocycles. The van der Waals surface area contributed by atoms with E-state index in [0.717, 1.165) is 0 Å². The summed E-state index contributed by atoms with van der Waals surface area (Å²) in [7, 11) is 0. The molecule has 86 valence electrons. The topological polar surface area (TPSA) is 33.0 Å². The van der Waals surface area contributed by atoms with E-state index >= 15 is 0 Å². The molecule has 2 aromatic rings. The average molecular weight is 298 g/mol. The molecule has 0 aliphatic rings. The van der Waals surface area contributed by atoms with Crippen molar-refractivity contribution < 1.29 is 4.74 Å². The van der Waals surface area contributed by atoms with Crippen molar-refractivity contribution in [2.45, 2.75) is 0 Å². The van der Waals surface area contributed by atoms with E-state index in [2.05, 4.69) is 27.9 Å². The van der Waals surface area contributed by atoms with E-state index in [4.69, 9.17) is 16.4 Å². The molecule has 0 fully saturated rings. The minimum Gasteiger partial charge on any atom is -0.455 e. The molecule has 2 rings (SSSR count). The normalized spacial score (nSPS) is 9.28. The highest BCUT2D eigenvalue weighted by molar-refractivity contribution is 9.10. The summed E-state index contributed by atoms with van der Waals surface area (Å²) in [6.07, 6.45) is 5.40. The third-order valence-corrected chi connectivity index (χ3v) is 2.94. The molecule has 0 aliphatic carbocycles. The Morgan fingerprint density at radius 3 is 2.56 bits per heavy atom. The van der Waals surface area contributed by atoms with E-state index in [1.807, 2.05) is 18.2 Å². The third-order valence-electron chi connectivity index (χ3n) is 2.32. The summed E-state index contributed by atoms with van der Waals surface area (Å²) in [5.41, 5.74) is 1.26. The number of nitriles is 1. The number of para-hydroxylation sites is 1. The van der Waals surface area contributed by atoms with Crippen molar-refractivity contribution in [2.75, 3.05) is 0 Å². The summed E-state index contributed by atoms with van der Waals surface area (Å²) in [5, 5.41) is 8.79. The zero-order valence-corrected chi connectivity index (χ0v) is 10.9. The Labute approximate surface area is 114 Å². The first kappa shape index (κ1) is 12.2. The molecule has 0 unspecified atom stereocenters. The molecule has 2 nitrogen and oxygen atoms in total. The molecular formula is C15H8BrNO. The highest BCUT2D eigenvalue weighted by Crippen LogP contribution is 2.31. The van der Waals surface area contributed by atoms with Crippen LogP contribution in [0.2, 0.25) is 0 Å². The molecule has 0 amide bonds. The Balaban J connectivity index is 2.36. The lowest BCUT2D eigenvalue weighted by Crippen LogP contribution is -1.89. The maximum Gasteiger partial charge on any atom is 0.143 e. The number of halogens is 1. The van der Waals surface area contributed by atoms with Crippen LogP contribution in [0.15, 0.2) is 46.9 Å². The molecule has 0 atom stereocenters. The Morgan fingerprint density at radius 1 is 1.11 bits per heavy atom. The number of benzene rings is 2. The molecular weight excluding hydrogens is 290 g/mol. The van der Waals surface area contributed by atoms with Crippen LogP contribution in [-0.4, -0.2) is 0 Å². The second-order valence-electron chi connectivity index (χ2n) is 3.50. The molecule has 0 radical (unpaired) electrons. The summed E-state index contributed by atoms with van der Waals surface area (Å²) in [6.45, 7) is 0. The zero-order valence-electron chi connectivity index (χ0n) is 9.35. The van der Waals surface area contributed by atoms with E-state index < -0.39 is 0 Å². The minimum atomic E-state index is 0.569. The quantitative estimate of drug-likeness (QED) is 0.782. The lowest BCUT2D eigenvalue weighted by Gasteiger charge is -2.09. The smallest absolute Gasteiger partial charge is 0.143 e. The fourth-order valence-electron chi connectivity index (χ4n) is 1.45. The van der Waals surface area contributed by atoms with Gasteiger partial charge in [-0.05, 0) is 46.3 Å². The van der Waals surface area contributed by atoms with Gasteiger partial charge in [-0.1, -0.05) is 18.1 Å². The number of nitrogens with zero attached hydrogens (tertiary/aromatic N) is 1. The van der Waals surface area contributed by atoms with Gasteiger partial charge in [-0.25, -0.2) is 0 Å². The third kappa shape index (κ3) is 2.53. The molecule has 0 bridgehead atoms. The van der Waals surface area contributed by atoms with Crippen molar-refractivity contribution in [3.63, 3.8) is 0 Å².